The minimum Gasteiger partial charge on any atom is -0.305 e. The Morgan fingerprint density at radius 2 is 1.91 bits per heavy atom. The van der Waals surface area contributed by atoms with Gasteiger partial charge in [-0.25, -0.2) is 0 Å². The number of piperazine rings is 1. The molecule has 1 aromatic carbocycles. The van der Waals surface area contributed by atoms with Crippen LogP contribution in [0.25, 0.3) is 0 Å². The highest BCUT2D eigenvalue weighted by atomic mass is 32.2. The van der Waals surface area contributed by atoms with E-state index in [1.54, 1.807) is 0 Å². The second-order valence-corrected chi connectivity index (χ2v) is 8.19. The van der Waals surface area contributed by atoms with E-state index < -0.39 is 0 Å². The maximum absolute atomic E-state index is 3.96. The van der Waals surface area contributed by atoms with Gasteiger partial charge in [0.05, 0.1) is 0 Å². The summed E-state index contributed by atoms with van der Waals surface area (Å²) in [6, 6.07) is 12.1. The lowest BCUT2D eigenvalue weighted by molar-refractivity contribution is 0.139. The summed E-state index contributed by atoms with van der Waals surface area (Å²) in [4.78, 5) is 5.05. The zero-order chi connectivity index (χ0) is 15.4. The third kappa shape index (κ3) is 4.25. The van der Waals surface area contributed by atoms with E-state index in [0.717, 1.165) is 11.8 Å². The number of nitrogens with zero attached hydrogens (tertiary/aromatic N) is 2. The molecule has 0 amide bonds. The van der Waals surface area contributed by atoms with Gasteiger partial charge in [0.25, 0.3) is 0 Å². The standard InChI is InChI=1S/C18H29N3S/c1-15-17(8-13-22-15)19-18(16-6-4-3-5-7-16)14-21-11-9-20(2)10-12-21/h3-7,15,17-19H,8-14H2,1-2H3/t15-,17-,18-/m0/s1. The van der Waals surface area contributed by atoms with Gasteiger partial charge >= 0.3 is 0 Å². The quantitative estimate of drug-likeness (QED) is 0.898. The predicted molar refractivity (Wildman–Crippen MR) is 96.6 cm³/mol. The average Bonchev–Trinajstić information content (AvgIpc) is 2.95. The fourth-order valence-electron chi connectivity index (χ4n) is 3.44. The van der Waals surface area contributed by atoms with Gasteiger partial charge in [-0.15, -0.1) is 0 Å². The molecule has 2 fully saturated rings. The van der Waals surface area contributed by atoms with E-state index >= 15 is 0 Å². The zero-order valence-corrected chi connectivity index (χ0v) is 14.7. The molecule has 1 N–H and O–H groups in total. The summed E-state index contributed by atoms with van der Waals surface area (Å²) < 4.78 is 0. The Labute approximate surface area is 139 Å². The van der Waals surface area contributed by atoms with Crippen LogP contribution < -0.4 is 5.32 Å². The maximum Gasteiger partial charge on any atom is 0.0451 e. The monoisotopic (exact) mass is 319 g/mol. The van der Waals surface area contributed by atoms with E-state index in [4.69, 9.17) is 0 Å². The molecule has 2 saturated heterocycles. The van der Waals surface area contributed by atoms with Gasteiger partial charge in [0.2, 0.25) is 0 Å². The van der Waals surface area contributed by atoms with Crippen LogP contribution in [0.5, 0.6) is 0 Å². The van der Waals surface area contributed by atoms with Crippen molar-refractivity contribution >= 4 is 11.8 Å². The molecule has 0 bridgehead atoms. The van der Waals surface area contributed by atoms with Crippen molar-refractivity contribution in [1.29, 1.82) is 0 Å². The van der Waals surface area contributed by atoms with Crippen LogP contribution in [0, 0.1) is 0 Å². The molecule has 0 radical (unpaired) electrons. The van der Waals surface area contributed by atoms with Gasteiger partial charge in [0.1, 0.15) is 0 Å². The highest BCUT2D eigenvalue weighted by Gasteiger charge is 2.28. The lowest BCUT2D eigenvalue weighted by atomic mass is 10.0. The number of hydrogen-bond donors (Lipinski definition) is 1. The fraction of sp³-hybridized carbons (Fsp3) is 0.667. The van der Waals surface area contributed by atoms with Crippen LogP contribution in [-0.4, -0.2) is 66.6 Å². The molecule has 0 unspecified atom stereocenters. The van der Waals surface area contributed by atoms with Crippen molar-refractivity contribution in [3.05, 3.63) is 35.9 Å². The van der Waals surface area contributed by atoms with Crippen LogP contribution in [0.4, 0.5) is 0 Å². The number of rotatable bonds is 5. The van der Waals surface area contributed by atoms with E-state index in [-0.39, 0.29) is 0 Å². The van der Waals surface area contributed by atoms with Gasteiger partial charge in [-0.05, 0) is 24.8 Å². The van der Waals surface area contributed by atoms with E-state index in [2.05, 4.69) is 71.2 Å². The first kappa shape index (κ1) is 16.3. The Morgan fingerprint density at radius 1 is 1.18 bits per heavy atom. The second-order valence-electron chi connectivity index (χ2n) is 6.70. The van der Waals surface area contributed by atoms with Gasteiger partial charge < -0.3 is 10.2 Å². The first-order valence-electron chi connectivity index (χ1n) is 8.56. The summed E-state index contributed by atoms with van der Waals surface area (Å²) in [6.45, 7) is 8.26. The SMILES string of the molecule is C[C@@H]1SCC[C@@H]1N[C@@H](CN1CCN(C)CC1)c1ccccc1. The van der Waals surface area contributed by atoms with Crippen LogP contribution in [0.2, 0.25) is 0 Å². The molecule has 0 aliphatic carbocycles. The molecule has 2 aliphatic rings. The van der Waals surface area contributed by atoms with Crippen molar-refractivity contribution in [2.75, 3.05) is 45.5 Å². The molecule has 3 rings (SSSR count). The molecule has 0 saturated carbocycles. The summed E-state index contributed by atoms with van der Waals surface area (Å²) in [7, 11) is 2.22. The van der Waals surface area contributed by atoms with Crippen molar-refractivity contribution in [2.45, 2.75) is 30.7 Å². The van der Waals surface area contributed by atoms with Crippen LogP contribution in [-0.2, 0) is 0 Å². The highest BCUT2D eigenvalue weighted by molar-refractivity contribution is 8.00. The van der Waals surface area contributed by atoms with Crippen molar-refractivity contribution < 1.29 is 0 Å². The number of hydrogen-bond acceptors (Lipinski definition) is 4. The molecule has 1 aromatic rings. The van der Waals surface area contributed by atoms with E-state index in [1.807, 2.05) is 0 Å². The largest absolute Gasteiger partial charge is 0.305 e. The first-order chi connectivity index (χ1) is 10.7. The van der Waals surface area contributed by atoms with Gasteiger partial charge in [0, 0.05) is 50.1 Å². The molecule has 3 atom stereocenters. The number of likely N-dealkylation sites (N-methyl/N-ethyl adjacent to an activating group) is 1. The summed E-state index contributed by atoms with van der Waals surface area (Å²) in [5.74, 6) is 1.30. The van der Waals surface area contributed by atoms with E-state index in [9.17, 15) is 0 Å². The van der Waals surface area contributed by atoms with Gasteiger partial charge in [-0.2, -0.15) is 11.8 Å². The van der Waals surface area contributed by atoms with Crippen LogP contribution in [0.1, 0.15) is 24.9 Å². The summed E-state index contributed by atoms with van der Waals surface area (Å²) in [5.41, 5.74) is 1.44. The van der Waals surface area contributed by atoms with Crippen molar-refractivity contribution in [3.8, 4) is 0 Å². The Bertz CT molecular complexity index is 445. The van der Waals surface area contributed by atoms with Crippen LogP contribution >= 0.6 is 11.8 Å². The minimum atomic E-state index is 0.454. The molecule has 4 heteroatoms. The van der Waals surface area contributed by atoms with E-state index in [1.165, 1.54) is 43.9 Å². The summed E-state index contributed by atoms with van der Waals surface area (Å²) >= 11 is 2.11. The van der Waals surface area contributed by atoms with E-state index in [0.29, 0.717) is 12.1 Å². The Morgan fingerprint density at radius 3 is 2.55 bits per heavy atom. The molecule has 0 aromatic heterocycles. The van der Waals surface area contributed by atoms with Gasteiger partial charge in [-0.1, -0.05) is 37.3 Å². The fourth-order valence-corrected chi connectivity index (χ4v) is 4.65. The van der Waals surface area contributed by atoms with Crippen LogP contribution in [0.15, 0.2) is 30.3 Å². The van der Waals surface area contributed by atoms with Crippen molar-refractivity contribution in [1.82, 2.24) is 15.1 Å². The molecule has 2 aliphatic heterocycles. The van der Waals surface area contributed by atoms with Crippen LogP contribution in [0.3, 0.4) is 0 Å². The maximum atomic E-state index is 3.96. The van der Waals surface area contributed by atoms with Gasteiger partial charge in [0.15, 0.2) is 0 Å². The minimum absolute atomic E-state index is 0.454. The second kappa shape index (κ2) is 7.82. The molecular formula is C18H29N3S. The lowest BCUT2D eigenvalue weighted by Gasteiger charge is -2.36. The van der Waals surface area contributed by atoms with Crippen molar-refractivity contribution in [3.63, 3.8) is 0 Å². The Balaban J connectivity index is 1.66. The van der Waals surface area contributed by atoms with Crippen molar-refractivity contribution in [2.24, 2.45) is 0 Å². The summed E-state index contributed by atoms with van der Waals surface area (Å²) in [6.07, 6.45) is 1.30. The topological polar surface area (TPSA) is 18.5 Å². The molecule has 22 heavy (non-hydrogen) atoms. The predicted octanol–water partition coefficient (Wildman–Crippen LogP) is 2.46. The normalized spacial score (nSPS) is 28.8. The lowest BCUT2D eigenvalue weighted by Crippen LogP contribution is -2.48. The molecule has 3 nitrogen and oxygen atoms in total. The Hall–Kier alpha value is -0.550. The number of benzene rings is 1. The molecule has 0 spiro atoms. The zero-order valence-electron chi connectivity index (χ0n) is 13.9. The highest BCUT2D eigenvalue weighted by Crippen LogP contribution is 2.28. The number of nitrogens with one attached hydrogen (secondary N) is 1. The summed E-state index contributed by atoms with van der Waals surface area (Å²) in [5, 5.41) is 4.70. The number of thioether (sulfide) groups is 1. The molecular weight excluding hydrogens is 290 g/mol. The molecule has 2 heterocycles. The third-order valence-corrected chi connectivity index (χ3v) is 6.36. The Kier molecular flexibility index (Phi) is 5.80. The van der Waals surface area contributed by atoms with Gasteiger partial charge in [-0.3, -0.25) is 4.90 Å². The average molecular weight is 320 g/mol. The molecule has 122 valence electrons. The third-order valence-electron chi connectivity index (χ3n) is 5.03. The smallest absolute Gasteiger partial charge is 0.0451 e. The first-order valence-corrected chi connectivity index (χ1v) is 9.61.